The van der Waals surface area contributed by atoms with Gasteiger partial charge in [0, 0.05) is 49.7 Å². The fourth-order valence-corrected chi connectivity index (χ4v) is 3.56. The Labute approximate surface area is 169 Å². The summed E-state index contributed by atoms with van der Waals surface area (Å²) in [7, 11) is 1.68. The Morgan fingerprint density at radius 3 is 2.40 bits per heavy atom. The number of aromatic nitrogens is 2. The van der Waals surface area contributed by atoms with Crippen LogP contribution in [-0.4, -0.2) is 34.8 Å². The molecule has 1 fully saturated rings. The zero-order chi connectivity index (χ0) is 21.4. The summed E-state index contributed by atoms with van der Waals surface area (Å²) in [4.78, 5) is 14.3. The highest BCUT2D eigenvalue weighted by atomic mass is 19.2. The molecule has 0 spiro atoms. The third kappa shape index (κ3) is 3.87. The Morgan fingerprint density at radius 1 is 1.03 bits per heavy atom. The van der Waals surface area contributed by atoms with E-state index in [9.17, 15) is 22.4 Å². The Bertz CT molecular complexity index is 1090. The predicted molar refractivity (Wildman–Crippen MR) is 103 cm³/mol. The van der Waals surface area contributed by atoms with Crippen LogP contribution in [0.2, 0.25) is 0 Å². The molecule has 0 bridgehead atoms. The topological polar surface area (TPSA) is 50.2 Å². The van der Waals surface area contributed by atoms with Crippen molar-refractivity contribution in [2.45, 2.75) is 12.5 Å². The lowest BCUT2D eigenvalue weighted by Gasteiger charge is -2.19. The molecule has 1 aliphatic rings. The first-order chi connectivity index (χ1) is 14.3. The molecule has 1 aromatic heterocycles. The van der Waals surface area contributed by atoms with Gasteiger partial charge in [-0.3, -0.25) is 9.48 Å². The minimum atomic E-state index is -0.983. The first-order valence-electron chi connectivity index (χ1n) is 9.32. The Morgan fingerprint density at radius 2 is 1.77 bits per heavy atom. The van der Waals surface area contributed by atoms with E-state index in [1.807, 2.05) is 0 Å². The van der Waals surface area contributed by atoms with Crippen molar-refractivity contribution < 1.29 is 22.4 Å². The molecule has 1 unspecified atom stereocenters. The molecule has 3 aromatic rings. The van der Waals surface area contributed by atoms with Crippen LogP contribution < -0.4 is 10.2 Å². The van der Waals surface area contributed by atoms with Crippen LogP contribution in [0.3, 0.4) is 0 Å². The number of benzene rings is 2. The van der Waals surface area contributed by atoms with Crippen LogP contribution >= 0.6 is 0 Å². The van der Waals surface area contributed by atoms with Gasteiger partial charge in [-0.05, 0) is 36.8 Å². The zero-order valence-corrected chi connectivity index (χ0v) is 16.0. The molecule has 9 heteroatoms. The molecule has 156 valence electrons. The molecule has 1 amide bonds. The summed E-state index contributed by atoms with van der Waals surface area (Å²) in [5, 5.41) is 6.71. The fraction of sp³-hybridized carbons (Fsp3) is 0.238. The van der Waals surface area contributed by atoms with Crippen LogP contribution in [-0.2, 0) is 7.05 Å². The number of aryl methyl sites for hydroxylation is 1. The summed E-state index contributed by atoms with van der Waals surface area (Å²) in [5.41, 5.74) is 0.427. The summed E-state index contributed by atoms with van der Waals surface area (Å²) in [6, 6.07) is 6.92. The second-order valence-electron chi connectivity index (χ2n) is 7.19. The van der Waals surface area contributed by atoms with E-state index < -0.39 is 34.7 Å². The molecule has 2 aromatic carbocycles. The molecule has 2 heterocycles. The molecule has 0 radical (unpaired) electrons. The van der Waals surface area contributed by atoms with Crippen molar-refractivity contribution in [3.63, 3.8) is 0 Å². The molecular weight excluding hydrogens is 400 g/mol. The number of amides is 1. The highest BCUT2D eigenvalue weighted by Gasteiger charge is 2.27. The van der Waals surface area contributed by atoms with E-state index in [4.69, 9.17) is 0 Å². The van der Waals surface area contributed by atoms with Crippen molar-refractivity contribution in [3.8, 4) is 11.3 Å². The SMILES string of the molecule is Cn1ccc(-c2cc(F)c(C(=O)NC3CCN(c4ccc(F)c(F)c4)C3)c(F)c2)n1. The van der Waals surface area contributed by atoms with Gasteiger partial charge in [-0.15, -0.1) is 0 Å². The standard InChI is InChI=1S/C21H18F4N4O/c1-28-6-5-19(27-28)12-8-17(24)20(18(25)9-12)21(30)26-13-4-7-29(11-13)14-2-3-15(22)16(23)10-14/h2-3,5-6,8-10,13H,4,7,11H2,1H3,(H,26,30). The van der Waals surface area contributed by atoms with Crippen LogP contribution in [0.5, 0.6) is 0 Å². The van der Waals surface area contributed by atoms with Crippen molar-refractivity contribution in [2.75, 3.05) is 18.0 Å². The maximum Gasteiger partial charge on any atom is 0.257 e. The lowest BCUT2D eigenvalue weighted by Crippen LogP contribution is -2.38. The number of rotatable bonds is 4. The number of anilines is 1. The van der Waals surface area contributed by atoms with Crippen LogP contribution in [0, 0.1) is 23.3 Å². The quantitative estimate of drug-likeness (QED) is 0.658. The van der Waals surface area contributed by atoms with Gasteiger partial charge >= 0.3 is 0 Å². The van der Waals surface area contributed by atoms with Crippen molar-refractivity contribution in [2.24, 2.45) is 7.05 Å². The fourth-order valence-electron chi connectivity index (χ4n) is 3.56. The van der Waals surface area contributed by atoms with E-state index in [-0.39, 0.29) is 11.6 Å². The molecule has 1 N–H and O–H groups in total. The number of nitrogens with zero attached hydrogens (tertiary/aromatic N) is 3. The molecule has 1 saturated heterocycles. The number of halogens is 4. The number of hydrogen-bond donors (Lipinski definition) is 1. The van der Waals surface area contributed by atoms with E-state index in [0.29, 0.717) is 30.9 Å². The van der Waals surface area contributed by atoms with Crippen molar-refractivity contribution >= 4 is 11.6 Å². The van der Waals surface area contributed by atoms with Gasteiger partial charge in [0.2, 0.25) is 0 Å². The van der Waals surface area contributed by atoms with Gasteiger partial charge in [0.1, 0.15) is 17.2 Å². The van der Waals surface area contributed by atoms with Crippen LogP contribution in [0.15, 0.2) is 42.6 Å². The number of nitrogens with one attached hydrogen (secondary N) is 1. The van der Waals surface area contributed by atoms with Crippen molar-refractivity contribution in [3.05, 3.63) is 71.4 Å². The van der Waals surface area contributed by atoms with E-state index >= 15 is 0 Å². The summed E-state index contributed by atoms with van der Waals surface area (Å²) in [6.45, 7) is 0.797. The van der Waals surface area contributed by atoms with Crippen LogP contribution in [0.4, 0.5) is 23.2 Å². The first kappa shape index (κ1) is 19.9. The molecule has 1 aliphatic heterocycles. The lowest BCUT2D eigenvalue weighted by molar-refractivity contribution is 0.0932. The first-order valence-corrected chi connectivity index (χ1v) is 9.32. The highest BCUT2D eigenvalue weighted by Crippen LogP contribution is 2.25. The third-order valence-electron chi connectivity index (χ3n) is 5.07. The molecule has 0 aliphatic carbocycles. The molecule has 1 atom stereocenters. The molecule has 30 heavy (non-hydrogen) atoms. The Hall–Kier alpha value is -3.36. The van der Waals surface area contributed by atoms with E-state index in [1.54, 1.807) is 24.2 Å². The summed E-state index contributed by atoms with van der Waals surface area (Å²) < 4.78 is 57.1. The van der Waals surface area contributed by atoms with Gasteiger partial charge in [-0.1, -0.05) is 0 Å². The summed E-state index contributed by atoms with van der Waals surface area (Å²) >= 11 is 0. The average molecular weight is 418 g/mol. The molecule has 4 rings (SSSR count). The number of carbonyl (C=O) groups excluding carboxylic acids is 1. The minimum Gasteiger partial charge on any atom is -0.369 e. The summed E-state index contributed by atoms with van der Waals surface area (Å²) in [5.74, 6) is -4.73. The minimum absolute atomic E-state index is 0.229. The maximum atomic E-state index is 14.5. The van der Waals surface area contributed by atoms with E-state index in [2.05, 4.69) is 10.4 Å². The van der Waals surface area contributed by atoms with Gasteiger partial charge in [0.25, 0.3) is 5.91 Å². The van der Waals surface area contributed by atoms with Crippen LogP contribution in [0.25, 0.3) is 11.3 Å². The number of carbonyl (C=O) groups is 1. The Balaban J connectivity index is 1.47. The van der Waals surface area contributed by atoms with Gasteiger partial charge in [-0.2, -0.15) is 5.10 Å². The second-order valence-corrected chi connectivity index (χ2v) is 7.19. The van der Waals surface area contributed by atoms with Gasteiger partial charge in [-0.25, -0.2) is 17.6 Å². The molecule has 0 saturated carbocycles. The predicted octanol–water partition coefficient (Wildman–Crippen LogP) is 3.65. The summed E-state index contributed by atoms with van der Waals surface area (Å²) in [6.07, 6.45) is 2.14. The number of hydrogen-bond acceptors (Lipinski definition) is 3. The van der Waals surface area contributed by atoms with Gasteiger partial charge in [0.15, 0.2) is 11.6 Å². The largest absolute Gasteiger partial charge is 0.369 e. The van der Waals surface area contributed by atoms with E-state index in [0.717, 1.165) is 24.3 Å². The normalized spacial score (nSPS) is 16.2. The van der Waals surface area contributed by atoms with E-state index in [1.165, 1.54) is 10.7 Å². The average Bonchev–Trinajstić information content (AvgIpc) is 3.32. The monoisotopic (exact) mass is 418 g/mol. The third-order valence-corrected chi connectivity index (χ3v) is 5.07. The second kappa shape index (κ2) is 7.81. The zero-order valence-electron chi connectivity index (χ0n) is 16.0. The van der Waals surface area contributed by atoms with Gasteiger partial charge in [0.05, 0.1) is 5.69 Å². The lowest BCUT2D eigenvalue weighted by atomic mass is 10.1. The highest BCUT2D eigenvalue weighted by molar-refractivity contribution is 5.95. The Kier molecular flexibility index (Phi) is 5.19. The van der Waals surface area contributed by atoms with Gasteiger partial charge < -0.3 is 10.2 Å². The smallest absolute Gasteiger partial charge is 0.257 e. The molecule has 5 nitrogen and oxygen atoms in total. The van der Waals surface area contributed by atoms with Crippen molar-refractivity contribution in [1.29, 1.82) is 0 Å². The maximum absolute atomic E-state index is 14.5. The molecular formula is C21H18F4N4O. The van der Waals surface area contributed by atoms with Crippen molar-refractivity contribution in [1.82, 2.24) is 15.1 Å². The van der Waals surface area contributed by atoms with Crippen LogP contribution in [0.1, 0.15) is 16.8 Å².